The molecule has 142 valence electrons. The first-order valence-electron chi connectivity index (χ1n) is 9.23. The molecule has 2 fully saturated rings. The fourth-order valence-corrected chi connectivity index (χ4v) is 3.92. The number of carbonyl (C=O) groups excluding carboxylic acids is 2. The van der Waals surface area contributed by atoms with Crippen molar-refractivity contribution >= 4 is 12.2 Å². The molecule has 0 saturated carbocycles. The minimum absolute atomic E-state index is 0.000733. The number of ether oxygens (including phenoxy) is 2. The van der Waals surface area contributed by atoms with Crippen LogP contribution < -0.4 is 0 Å². The predicted octanol–water partition coefficient (Wildman–Crippen LogP) is 3.65. The number of benzene rings is 1. The number of amides is 2. The van der Waals surface area contributed by atoms with E-state index in [1.165, 1.54) is 0 Å². The van der Waals surface area contributed by atoms with Crippen molar-refractivity contribution in [3.8, 4) is 0 Å². The topological polar surface area (TPSA) is 59.1 Å². The van der Waals surface area contributed by atoms with Crippen LogP contribution in [-0.4, -0.2) is 52.8 Å². The van der Waals surface area contributed by atoms with Gasteiger partial charge in [-0.1, -0.05) is 37.3 Å². The van der Waals surface area contributed by atoms with Crippen molar-refractivity contribution < 1.29 is 19.1 Å². The zero-order valence-corrected chi connectivity index (χ0v) is 16.0. The Morgan fingerprint density at radius 2 is 1.81 bits per heavy atom. The SMILES string of the molecule is CC1CN(C(=O)OCc2ccccc2)C2CCN(C(=O)OC(C)(C)C)C12. The van der Waals surface area contributed by atoms with E-state index in [2.05, 4.69) is 6.92 Å². The van der Waals surface area contributed by atoms with Gasteiger partial charge in [-0.3, -0.25) is 0 Å². The van der Waals surface area contributed by atoms with E-state index in [1.807, 2.05) is 51.1 Å². The molecular weight excluding hydrogens is 332 g/mol. The molecular formula is C20H28N2O4. The zero-order valence-electron chi connectivity index (χ0n) is 16.0. The lowest BCUT2D eigenvalue weighted by molar-refractivity contribution is 0.0194. The average molecular weight is 360 g/mol. The molecule has 0 N–H and O–H groups in total. The van der Waals surface area contributed by atoms with Crippen LogP contribution in [-0.2, 0) is 16.1 Å². The van der Waals surface area contributed by atoms with E-state index in [0.717, 1.165) is 12.0 Å². The van der Waals surface area contributed by atoms with E-state index in [4.69, 9.17) is 9.47 Å². The third kappa shape index (κ3) is 3.94. The summed E-state index contributed by atoms with van der Waals surface area (Å²) in [5.74, 6) is 0.194. The van der Waals surface area contributed by atoms with Gasteiger partial charge in [0.2, 0.25) is 0 Å². The molecule has 2 aliphatic heterocycles. The van der Waals surface area contributed by atoms with Crippen LogP contribution in [0.1, 0.15) is 39.7 Å². The predicted molar refractivity (Wildman–Crippen MR) is 97.6 cm³/mol. The Labute approximate surface area is 155 Å². The summed E-state index contributed by atoms with van der Waals surface area (Å²) in [5, 5.41) is 0. The molecule has 2 saturated heterocycles. The molecule has 26 heavy (non-hydrogen) atoms. The van der Waals surface area contributed by atoms with E-state index < -0.39 is 5.60 Å². The van der Waals surface area contributed by atoms with Crippen LogP contribution in [0.25, 0.3) is 0 Å². The summed E-state index contributed by atoms with van der Waals surface area (Å²) in [6.45, 7) is 9.14. The second-order valence-electron chi connectivity index (χ2n) is 8.19. The Hall–Kier alpha value is -2.24. The molecule has 0 bridgehead atoms. The molecule has 6 heteroatoms. The van der Waals surface area contributed by atoms with Crippen LogP contribution in [0.3, 0.4) is 0 Å². The largest absolute Gasteiger partial charge is 0.445 e. The van der Waals surface area contributed by atoms with E-state index in [9.17, 15) is 9.59 Å². The smallest absolute Gasteiger partial charge is 0.410 e. The summed E-state index contributed by atoms with van der Waals surface area (Å²) in [5.41, 5.74) is 0.442. The average Bonchev–Trinajstić information content (AvgIpc) is 3.14. The molecule has 1 aromatic rings. The molecule has 3 atom stereocenters. The highest BCUT2D eigenvalue weighted by atomic mass is 16.6. The van der Waals surface area contributed by atoms with Crippen LogP contribution >= 0.6 is 0 Å². The Morgan fingerprint density at radius 3 is 2.46 bits per heavy atom. The third-order valence-electron chi connectivity index (χ3n) is 4.96. The van der Waals surface area contributed by atoms with Crippen molar-refractivity contribution in [1.82, 2.24) is 9.80 Å². The Morgan fingerprint density at radius 1 is 1.12 bits per heavy atom. The van der Waals surface area contributed by atoms with E-state index in [-0.39, 0.29) is 36.8 Å². The van der Waals surface area contributed by atoms with E-state index in [1.54, 1.807) is 9.80 Å². The lowest BCUT2D eigenvalue weighted by Crippen LogP contribution is -2.45. The van der Waals surface area contributed by atoms with Gasteiger partial charge in [-0.2, -0.15) is 0 Å². The molecule has 2 heterocycles. The number of carbonyl (C=O) groups is 2. The Balaban J connectivity index is 1.62. The second-order valence-corrected chi connectivity index (χ2v) is 8.19. The van der Waals surface area contributed by atoms with Crippen molar-refractivity contribution in [2.75, 3.05) is 13.1 Å². The van der Waals surface area contributed by atoms with Crippen molar-refractivity contribution in [2.45, 2.75) is 58.4 Å². The molecule has 0 aromatic heterocycles. The minimum Gasteiger partial charge on any atom is -0.445 e. The molecule has 0 radical (unpaired) electrons. The number of hydrogen-bond donors (Lipinski definition) is 0. The van der Waals surface area contributed by atoms with Gasteiger partial charge in [0.15, 0.2) is 0 Å². The van der Waals surface area contributed by atoms with E-state index in [0.29, 0.717) is 13.1 Å². The molecule has 3 unspecified atom stereocenters. The van der Waals surface area contributed by atoms with Crippen molar-refractivity contribution in [1.29, 1.82) is 0 Å². The summed E-state index contributed by atoms with van der Waals surface area (Å²) in [6.07, 6.45) is 0.157. The number of rotatable bonds is 2. The van der Waals surface area contributed by atoms with Crippen molar-refractivity contribution in [2.24, 2.45) is 5.92 Å². The third-order valence-corrected chi connectivity index (χ3v) is 4.96. The van der Waals surface area contributed by atoms with Gasteiger partial charge in [0.25, 0.3) is 0 Å². The van der Waals surface area contributed by atoms with Crippen molar-refractivity contribution in [3.63, 3.8) is 0 Å². The number of hydrogen-bond acceptors (Lipinski definition) is 4. The Bertz CT molecular complexity index is 656. The zero-order chi connectivity index (χ0) is 18.9. The van der Waals surface area contributed by atoms with Gasteiger partial charge >= 0.3 is 12.2 Å². The van der Waals surface area contributed by atoms with Gasteiger partial charge in [0.05, 0.1) is 12.1 Å². The molecule has 0 aliphatic carbocycles. The van der Waals surface area contributed by atoms with Gasteiger partial charge in [0.1, 0.15) is 12.2 Å². The quantitative estimate of drug-likeness (QED) is 0.808. The maximum atomic E-state index is 12.6. The summed E-state index contributed by atoms with van der Waals surface area (Å²) in [4.78, 5) is 28.6. The summed E-state index contributed by atoms with van der Waals surface area (Å²) >= 11 is 0. The first-order chi connectivity index (χ1) is 12.3. The number of fused-ring (bicyclic) bond motifs is 1. The fraction of sp³-hybridized carbons (Fsp3) is 0.600. The first kappa shape index (κ1) is 18.5. The lowest BCUT2D eigenvalue weighted by atomic mass is 10.0. The highest BCUT2D eigenvalue weighted by Gasteiger charge is 2.51. The summed E-state index contributed by atoms with van der Waals surface area (Å²) in [6, 6.07) is 9.64. The monoisotopic (exact) mass is 360 g/mol. The van der Waals surface area contributed by atoms with Crippen LogP contribution in [0.4, 0.5) is 9.59 Å². The maximum absolute atomic E-state index is 12.6. The Kier molecular flexibility index (Phi) is 5.12. The first-order valence-corrected chi connectivity index (χ1v) is 9.23. The van der Waals surface area contributed by atoms with Gasteiger partial charge < -0.3 is 19.3 Å². The number of nitrogens with zero attached hydrogens (tertiary/aromatic N) is 2. The molecule has 1 aromatic carbocycles. The molecule has 0 spiro atoms. The van der Waals surface area contributed by atoms with Crippen molar-refractivity contribution in [3.05, 3.63) is 35.9 Å². The lowest BCUT2D eigenvalue weighted by Gasteiger charge is -2.29. The van der Waals surface area contributed by atoms with Gasteiger partial charge in [-0.15, -0.1) is 0 Å². The maximum Gasteiger partial charge on any atom is 0.410 e. The normalized spacial score (nSPS) is 25.2. The molecule has 3 rings (SSSR count). The van der Waals surface area contributed by atoms with Crippen LogP contribution in [0, 0.1) is 5.92 Å². The summed E-state index contributed by atoms with van der Waals surface area (Å²) in [7, 11) is 0. The van der Waals surface area contributed by atoms with Crippen LogP contribution in [0.15, 0.2) is 30.3 Å². The van der Waals surface area contributed by atoms with Crippen LogP contribution in [0.2, 0.25) is 0 Å². The highest BCUT2D eigenvalue weighted by molar-refractivity contribution is 5.72. The second kappa shape index (κ2) is 7.17. The summed E-state index contributed by atoms with van der Waals surface area (Å²) < 4.78 is 11.0. The standard InChI is InChI=1S/C20H28N2O4/c1-14-12-22(18(23)25-13-15-8-6-5-7-9-15)16-10-11-21(17(14)16)19(24)26-20(2,3)4/h5-9,14,16-17H,10-13H2,1-4H3. The molecule has 2 aliphatic rings. The van der Waals surface area contributed by atoms with E-state index >= 15 is 0 Å². The fourth-order valence-electron chi connectivity index (χ4n) is 3.92. The molecule has 2 amide bonds. The number of likely N-dealkylation sites (tertiary alicyclic amines) is 2. The highest BCUT2D eigenvalue weighted by Crippen LogP contribution is 2.36. The minimum atomic E-state index is -0.523. The van der Waals surface area contributed by atoms with Gasteiger partial charge in [-0.05, 0) is 38.7 Å². The molecule has 6 nitrogen and oxygen atoms in total. The van der Waals surface area contributed by atoms with Gasteiger partial charge in [-0.25, -0.2) is 9.59 Å². The van der Waals surface area contributed by atoms with Gasteiger partial charge in [0, 0.05) is 13.1 Å². The van der Waals surface area contributed by atoms with Crippen LogP contribution in [0.5, 0.6) is 0 Å².